The van der Waals surface area contributed by atoms with Gasteiger partial charge in [0.2, 0.25) is 0 Å². The first-order valence-electron chi connectivity index (χ1n) is 10.5. The van der Waals surface area contributed by atoms with Crippen molar-refractivity contribution in [1.82, 2.24) is 5.32 Å². The zero-order valence-electron chi connectivity index (χ0n) is 17.9. The Bertz CT molecular complexity index is 319. The van der Waals surface area contributed by atoms with Crippen molar-refractivity contribution in [1.29, 1.82) is 0 Å². The summed E-state index contributed by atoms with van der Waals surface area (Å²) in [6.45, 7) is 8.68. The maximum absolute atomic E-state index is 11.4. The monoisotopic (exact) mass is 407 g/mol. The first-order valence-corrected chi connectivity index (χ1v) is 10.5. The van der Waals surface area contributed by atoms with Crippen molar-refractivity contribution in [2.24, 2.45) is 0 Å². The highest BCUT2D eigenvalue weighted by molar-refractivity contribution is 5.69. The van der Waals surface area contributed by atoms with Crippen LogP contribution in [-0.4, -0.2) is 92.2 Å². The van der Waals surface area contributed by atoms with Gasteiger partial charge in [-0.15, -0.1) is 0 Å². The molecule has 0 aliphatic rings. The van der Waals surface area contributed by atoms with Gasteiger partial charge >= 0.3 is 5.97 Å². The van der Waals surface area contributed by atoms with Crippen LogP contribution in [0.2, 0.25) is 0 Å². The number of nitrogens with one attached hydrogen (secondary N) is 1. The Labute approximate surface area is 170 Å². The molecule has 0 unspecified atom stereocenters. The van der Waals surface area contributed by atoms with Crippen molar-refractivity contribution in [3.05, 3.63) is 0 Å². The smallest absolute Gasteiger partial charge is 0.305 e. The van der Waals surface area contributed by atoms with Gasteiger partial charge < -0.3 is 33.7 Å². The Morgan fingerprint density at radius 1 is 0.643 bits per heavy atom. The predicted octanol–water partition coefficient (Wildman–Crippen LogP) is 1.80. The lowest BCUT2D eigenvalue weighted by molar-refractivity contribution is -0.145. The summed E-state index contributed by atoms with van der Waals surface area (Å²) in [6.07, 6.45) is 4.82. The zero-order valence-corrected chi connectivity index (χ0v) is 17.9. The average Bonchev–Trinajstić information content (AvgIpc) is 2.70. The minimum atomic E-state index is -0.140. The number of carbonyl (C=O) groups is 1. The third kappa shape index (κ3) is 23.3. The third-order valence-electron chi connectivity index (χ3n) is 3.71. The molecule has 0 aliphatic carbocycles. The fourth-order valence-corrected chi connectivity index (χ4v) is 2.14. The van der Waals surface area contributed by atoms with Crippen LogP contribution in [0.4, 0.5) is 0 Å². The molecule has 0 heterocycles. The number of carbonyl (C=O) groups excluding carboxylic acids is 1. The van der Waals surface area contributed by atoms with Crippen molar-refractivity contribution < 1.29 is 33.2 Å². The highest BCUT2D eigenvalue weighted by Crippen LogP contribution is 2.03. The SMILES string of the molecule is CCCCCCC(=O)OCCOCCOCCOCCOCCOCCNC. The van der Waals surface area contributed by atoms with Gasteiger partial charge in [-0.2, -0.15) is 0 Å². The zero-order chi connectivity index (χ0) is 20.5. The number of esters is 1. The summed E-state index contributed by atoms with van der Waals surface area (Å²) in [5, 5.41) is 3.01. The van der Waals surface area contributed by atoms with Crippen molar-refractivity contribution in [3.63, 3.8) is 0 Å². The summed E-state index contributed by atoms with van der Waals surface area (Å²) in [6, 6.07) is 0. The minimum Gasteiger partial charge on any atom is -0.463 e. The van der Waals surface area contributed by atoms with Gasteiger partial charge in [0.1, 0.15) is 6.61 Å². The van der Waals surface area contributed by atoms with Crippen LogP contribution in [-0.2, 0) is 33.2 Å². The van der Waals surface area contributed by atoms with E-state index in [-0.39, 0.29) is 5.97 Å². The molecule has 0 fully saturated rings. The van der Waals surface area contributed by atoms with Gasteiger partial charge in [-0.1, -0.05) is 26.2 Å². The van der Waals surface area contributed by atoms with Gasteiger partial charge in [0, 0.05) is 13.0 Å². The maximum Gasteiger partial charge on any atom is 0.305 e. The fraction of sp³-hybridized carbons (Fsp3) is 0.950. The van der Waals surface area contributed by atoms with E-state index in [2.05, 4.69) is 12.2 Å². The largest absolute Gasteiger partial charge is 0.463 e. The summed E-state index contributed by atoms with van der Waals surface area (Å²) in [7, 11) is 1.89. The van der Waals surface area contributed by atoms with Crippen LogP contribution in [0.5, 0.6) is 0 Å². The van der Waals surface area contributed by atoms with E-state index in [1.165, 1.54) is 12.8 Å². The number of unbranched alkanes of at least 4 members (excludes halogenated alkanes) is 3. The van der Waals surface area contributed by atoms with Crippen molar-refractivity contribution in [3.8, 4) is 0 Å². The number of ether oxygens (including phenoxy) is 6. The molecule has 0 aromatic heterocycles. The molecule has 0 aromatic rings. The fourth-order valence-electron chi connectivity index (χ4n) is 2.14. The normalized spacial score (nSPS) is 11.1. The highest BCUT2D eigenvalue weighted by atomic mass is 16.6. The molecule has 0 atom stereocenters. The van der Waals surface area contributed by atoms with Crippen molar-refractivity contribution in [2.45, 2.75) is 39.0 Å². The summed E-state index contributed by atoms with van der Waals surface area (Å²) < 4.78 is 32.0. The van der Waals surface area contributed by atoms with Gasteiger partial charge in [0.25, 0.3) is 0 Å². The molecule has 0 rings (SSSR count). The lowest BCUT2D eigenvalue weighted by Crippen LogP contribution is -2.17. The molecule has 0 aliphatic heterocycles. The second kappa shape index (κ2) is 24.3. The second-order valence-corrected chi connectivity index (χ2v) is 6.20. The van der Waals surface area contributed by atoms with E-state index in [4.69, 9.17) is 28.4 Å². The van der Waals surface area contributed by atoms with Crippen LogP contribution in [0.25, 0.3) is 0 Å². The Morgan fingerprint density at radius 2 is 1.11 bits per heavy atom. The number of rotatable bonds is 23. The molecule has 0 saturated heterocycles. The van der Waals surface area contributed by atoms with E-state index in [0.29, 0.717) is 79.1 Å². The van der Waals surface area contributed by atoms with Gasteiger partial charge in [-0.3, -0.25) is 4.79 Å². The van der Waals surface area contributed by atoms with Crippen molar-refractivity contribution >= 4 is 5.97 Å². The lowest BCUT2D eigenvalue weighted by atomic mass is 10.2. The van der Waals surface area contributed by atoms with Crippen LogP contribution < -0.4 is 5.32 Å². The Morgan fingerprint density at radius 3 is 1.57 bits per heavy atom. The van der Waals surface area contributed by atoms with Gasteiger partial charge in [0.05, 0.1) is 66.1 Å². The molecule has 8 heteroatoms. The van der Waals surface area contributed by atoms with Crippen molar-refractivity contribution in [2.75, 3.05) is 86.3 Å². The summed E-state index contributed by atoms with van der Waals surface area (Å²) in [5.74, 6) is -0.140. The Hall–Kier alpha value is -0.770. The van der Waals surface area contributed by atoms with Gasteiger partial charge in [-0.05, 0) is 13.5 Å². The molecular weight excluding hydrogens is 366 g/mol. The Kier molecular flexibility index (Phi) is 23.6. The molecule has 0 spiro atoms. The summed E-state index contributed by atoms with van der Waals surface area (Å²) >= 11 is 0. The van der Waals surface area contributed by atoms with Crippen LogP contribution in [0.15, 0.2) is 0 Å². The van der Waals surface area contributed by atoms with E-state index in [1.807, 2.05) is 7.05 Å². The average molecular weight is 408 g/mol. The molecule has 0 bridgehead atoms. The third-order valence-corrected chi connectivity index (χ3v) is 3.71. The molecular formula is C20H41NO7. The van der Waals surface area contributed by atoms with Gasteiger partial charge in [0.15, 0.2) is 0 Å². The minimum absolute atomic E-state index is 0.140. The molecule has 168 valence electrons. The number of likely N-dealkylation sites (N-methyl/N-ethyl adjacent to an activating group) is 1. The van der Waals surface area contributed by atoms with Crippen LogP contribution in [0.1, 0.15) is 39.0 Å². The lowest BCUT2D eigenvalue weighted by Gasteiger charge is -2.08. The van der Waals surface area contributed by atoms with Crippen LogP contribution in [0.3, 0.4) is 0 Å². The second-order valence-electron chi connectivity index (χ2n) is 6.20. The van der Waals surface area contributed by atoms with Crippen LogP contribution >= 0.6 is 0 Å². The molecule has 1 N–H and O–H groups in total. The number of hydrogen-bond donors (Lipinski definition) is 1. The molecule has 0 amide bonds. The topological polar surface area (TPSA) is 84.5 Å². The first-order chi connectivity index (χ1) is 13.8. The molecule has 28 heavy (non-hydrogen) atoms. The summed E-state index contributed by atoms with van der Waals surface area (Å²) in [4.78, 5) is 11.4. The molecule has 0 radical (unpaired) electrons. The van der Waals surface area contributed by atoms with E-state index in [9.17, 15) is 4.79 Å². The summed E-state index contributed by atoms with van der Waals surface area (Å²) in [5.41, 5.74) is 0. The van der Waals surface area contributed by atoms with Crippen LogP contribution in [0, 0.1) is 0 Å². The molecule has 0 aromatic carbocycles. The van der Waals surface area contributed by atoms with E-state index in [0.717, 1.165) is 19.4 Å². The predicted molar refractivity (Wildman–Crippen MR) is 108 cm³/mol. The van der Waals surface area contributed by atoms with E-state index in [1.54, 1.807) is 0 Å². The Balaban J connectivity index is 3.07. The highest BCUT2D eigenvalue weighted by Gasteiger charge is 2.02. The number of hydrogen-bond acceptors (Lipinski definition) is 8. The van der Waals surface area contributed by atoms with Gasteiger partial charge in [-0.25, -0.2) is 0 Å². The maximum atomic E-state index is 11.4. The van der Waals surface area contributed by atoms with E-state index >= 15 is 0 Å². The molecule has 0 saturated carbocycles. The standard InChI is InChI=1S/C20H41NO7/c1-3-4-5-6-7-20(22)28-19-18-27-17-16-26-15-14-25-13-12-24-11-10-23-9-8-21-2/h21H,3-19H2,1-2H3. The molecule has 8 nitrogen and oxygen atoms in total. The first kappa shape index (κ1) is 27.2. The van der Waals surface area contributed by atoms with E-state index < -0.39 is 0 Å². The quantitative estimate of drug-likeness (QED) is 0.203.